The van der Waals surface area contributed by atoms with Gasteiger partial charge in [0, 0.05) is 39.3 Å². The maximum atomic E-state index is 11.1. The topological polar surface area (TPSA) is 63.5 Å². The third kappa shape index (κ3) is 4.01. The van der Waals surface area contributed by atoms with E-state index in [-0.39, 0.29) is 5.97 Å². The summed E-state index contributed by atoms with van der Waals surface area (Å²) in [4.78, 5) is 20.1. The van der Waals surface area contributed by atoms with E-state index in [4.69, 9.17) is 0 Å². The van der Waals surface area contributed by atoms with Gasteiger partial charge in [-0.15, -0.1) is 0 Å². The number of aryl methyl sites for hydroxylation is 1. The van der Waals surface area contributed by atoms with E-state index < -0.39 is 0 Å². The van der Waals surface area contributed by atoms with Gasteiger partial charge >= 0.3 is 5.97 Å². The standard InChI is InChI=1S/C13H23N5O2/c1-3-18-12(14-11-15-18)10-17-8-6-16(7-9-17)5-4-13(19)20-2/h11H,3-10H2,1-2H3. The molecule has 112 valence electrons. The maximum absolute atomic E-state index is 11.1. The molecule has 0 unspecified atom stereocenters. The van der Waals surface area contributed by atoms with Crippen LogP contribution in [0.25, 0.3) is 0 Å². The quantitative estimate of drug-likeness (QED) is 0.683. The van der Waals surface area contributed by atoms with Crippen molar-refractivity contribution < 1.29 is 9.53 Å². The first-order chi connectivity index (χ1) is 9.72. The largest absolute Gasteiger partial charge is 0.469 e. The molecule has 1 fully saturated rings. The Morgan fingerprint density at radius 2 is 2.00 bits per heavy atom. The van der Waals surface area contributed by atoms with E-state index >= 15 is 0 Å². The maximum Gasteiger partial charge on any atom is 0.306 e. The van der Waals surface area contributed by atoms with Crippen molar-refractivity contribution in [1.82, 2.24) is 24.6 Å². The number of methoxy groups -OCH3 is 1. The van der Waals surface area contributed by atoms with Crippen LogP contribution in [-0.2, 0) is 22.6 Å². The zero-order valence-corrected chi connectivity index (χ0v) is 12.3. The summed E-state index contributed by atoms with van der Waals surface area (Å²) in [7, 11) is 1.43. The van der Waals surface area contributed by atoms with Crippen molar-refractivity contribution >= 4 is 5.97 Å². The molecule has 1 saturated heterocycles. The van der Waals surface area contributed by atoms with E-state index in [1.54, 1.807) is 6.33 Å². The molecule has 2 rings (SSSR count). The number of nitrogens with zero attached hydrogens (tertiary/aromatic N) is 5. The molecule has 0 spiro atoms. The molecular formula is C13H23N5O2. The normalized spacial score (nSPS) is 17.3. The Kier molecular flexibility index (Phi) is 5.49. The molecule has 2 heterocycles. The Labute approximate surface area is 119 Å². The molecule has 0 amide bonds. The molecule has 0 N–H and O–H groups in total. The number of hydrogen-bond acceptors (Lipinski definition) is 6. The summed E-state index contributed by atoms with van der Waals surface area (Å²) >= 11 is 0. The smallest absolute Gasteiger partial charge is 0.306 e. The summed E-state index contributed by atoms with van der Waals surface area (Å²) in [5, 5.41) is 4.19. The van der Waals surface area contributed by atoms with Crippen molar-refractivity contribution in [2.45, 2.75) is 26.4 Å². The lowest BCUT2D eigenvalue weighted by Crippen LogP contribution is -2.46. The van der Waals surface area contributed by atoms with Crippen LogP contribution in [0.2, 0.25) is 0 Å². The van der Waals surface area contributed by atoms with Crippen molar-refractivity contribution in [3.63, 3.8) is 0 Å². The average molecular weight is 281 g/mol. The molecule has 0 bridgehead atoms. The molecule has 1 aliphatic rings. The lowest BCUT2D eigenvalue weighted by molar-refractivity contribution is -0.141. The second-order valence-corrected chi connectivity index (χ2v) is 4.94. The van der Waals surface area contributed by atoms with Gasteiger partial charge in [0.15, 0.2) is 0 Å². The molecular weight excluding hydrogens is 258 g/mol. The minimum atomic E-state index is -0.136. The molecule has 0 aliphatic carbocycles. The van der Waals surface area contributed by atoms with Crippen molar-refractivity contribution in [3.05, 3.63) is 12.2 Å². The van der Waals surface area contributed by atoms with Gasteiger partial charge in [-0.3, -0.25) is 9.69 Å². The van der Waals surface area contributed by atoms with Crippen molar-refractivity contribution in [3.8, 4) is 0 Å². The number of rotatable bonds is 6. The summed E-state index contributed by atoms with van der Waals surface area (Å²) in [6, 6.07) is 0. The average Bonchev–Trinajstić information content (AvgIpc) is 2.93. The minimum Gasteiger partial charge on any atom is -0.469 e. The third-order valence-electron chi connectivity index (χ3n) is 3.69. The van der Waals surface area contributed by atoms with Gasteiger partial charge in [0.25, 0.3) is 0 Å². The molecule has 20 heavy (non-hydrogen) atoms. The van der Waals surface area contributed by atoms with Crippen LogP contribution < -0.4 is 0 Å². The SMILES string of the molecule is CCn1ncnc1CN1CCN(CCC(=O)OC)CC1. The second-order valence-electron chi connectivity index (χ2n) is 4.94. The first kappa shape index (κ1) is 14.9. The fourth-order valence-corrected chi connectivity index (χ4v) is 2.40. The van der Waals surface area contributed by atoms with Crippen molar-refractivity contribution in [2.24, 2.45) is 0 Å². The predicted octanol–water partition coefficient (Wildman–Crippen LogP) is -0.0213. The Balaban J connectivity index is 1.73. The van der Waals surface area contributed by atoms with Crippen LogP contribution in [-0.4, -0.2) is 70.4 Å². The summed E-state index contributed by atoms with van der Waals surface area (Å²) in [6.07, 6.45) is 2.09. The molecule has 0 atom stereocenters. The van der Waals surface area contributed by atoms with E-state index in [9.17, 15) is 4.79 Å². The fourth-order valence-electron chi connectivity index (χ4n) is 2.40. The molecule has 0 aromatic carbocycles. The van der Waals surface area contributed by atoms with Crippen LogP contribution in [0.15, 0.2) is 6.33 Å². The number of piperazine rings is 1. The van der Waals surface area contributed by atoms with E-state index in [0.717, 1.165) is 51.6 Å². The number of carbonyl (C=O) groups excluding carboxylic acids is 1. The van der Waals surface area contributed by atoms with E-state index in [2.05, 4.69) is 31.5 Å². The minimum absolute atomic E-state index is 0.136. The van der Waals surface area contributed by atoms with Crippen LogP contribution in [0.3, 0.4) is 0 Å². The van der Waals surface area contributed by atoms with Gasteiger partial charge in [-0.25, -0.2) is 9.67 Å². The molecule has 7 heteroatoms. The Morgan fingerprint density at radius 1 is 1.30 bits per heavy atom. The van der Waals surface area contributed by atoms with Gasteiger partial charge < -0.3 is 9.64 Å². The van der Waals surface area contributed by atoms with Crippen LogP contribution in [0.5, 0.6) is 0 Å². The Bertz CT molecular complexity index is 426. The monoisotopic (exact) mass is 281 g/mol. The summed E-state index contributed by atoms with van der Waals surface area (Å²) in [5.41, 5.74) is 0. The third-order valence-corrected chi connectivity index (χ3v) is 3.69. The molecule has 1 aromatic rings. The second kappa shape index (κ2) is 7.35. The van der Waals surface area contributed by atoms with Crippen molar-refractivity contribution in [2.75, 3.05) is 39.8 Å². The first-order valence-corrected chi connectivity index (χ1v) is 7.11. The molecule has 0 saturated carbocycles. The number of ether oxygens (including phenoxy) is 1. The van der Waals surface area contributed by atoms with Gasteiger partial charge in [0.2, 0.25) is 0 Å². The number of aromatic nitrogens is 3. The fraction of sp³-hybridized carbons (Fsp3) is 0.769. The van der Waals surface area contributed by atoms with Crippen LogP contribution in [0.1, 0.15) is 19.2 Å². The molecule has 0 radical (unpaired) electrons. The lowest BCUT2D eigenvalue weighted by atomic mass is 10.3. The Morgan fingerprint density at radius 3 is 2.65 bits per heavy atom. The highest BCUT2D eigenvalue weighted by Gasteiger charge is 2.19. The molecule has 1 aliphatic heterocycles. The summed E-state index contributed by atoms with van der Waals surface area (Å²) in [5.74, 6) is 0.888. The lowest BCUT2D eigenvalue weighted by Gasteiger charge is -2.34. The number of esters is 1. The van der Waals surface area contributed by atoms with Crippen LogP contribution in [0, 0.1) is 0 Å². The summed E-state index contributed by atoms with van der Waals surface area (Å²) in [6.45, 7) is 8.52. The van der Waals surface area contributed by atoms with Gasteiger partial charge in [-0.2, -0.15) is 5.10 Å². The van der Waals surface area contributed by atoms with E-state index in [0.29, 0.717) is 6.42 Å². The summed E-state index contributed by atoms with van der Waals surface area (Å²) < 4.78 is 6.60. The molecule has 1 aromatic heterocycles. The first-order valence-electron chi connectivity index (χ1n) is 7.11. The highest BCUT2D eigenvalue weighted by atomic mass is 16.5. The van der Waals surface area contributed by atoms with Crippen molar-refractivity contribution in [1.29, 1.82) is 0 Å². The number of carbonyl (C=O) groups is 1. The van der Waals surface area contributed by atoms with E-state index in [1.165, 1.54) is 7.11 Å². The van der Waals surface area contributed by atoms with E-state index in [1.807, 2.05) is 4.68 Å². The predicted molar refractivity (Wildman–Crippen MR) is 74.0 cm³/mol. The number of hydrogen-bond donors (Lipinski definition) is 0. The van der Waals surface area contributed by atoms with Gasteiger partial charge in [-0.05, 0) is 6.92 Å². The van der Waals surface area contributed by atoms with Gasteiger partial charge in [-0.1, -0.05) is 0 Å². The zero-order chi connectivity index (χ0) is 14.4. The molecule has 7 nitrogen and oxygen atoms in total. The van der Waals surface area contributed by atoms with Gasteiger partial charge in [0.1, 0.15) is 12.2 Å². The highest BCUT2D eigenvalue weighted by Crippen LogP contribution is 2.07. The highest BCUT2D eigenvalue weighted by molar-refractivity contribution is 5.69. The van der Waals surface area contributed by atoms with Gasteiger partial charge in [0.05, 0.1) is 20.1 Å². The zero-order valence-electron chi connectivity index (χ0n) is 12.3. The van der Waals surface area contributed by atoms with Crippen LogP contribution in [0.4, 0.5) is 0 Å². The Hall–Kier alpha value is -1.47. The van der Waals surface area contributed by atoms with Crippen LogP contribution >= 0.6 is 0 Å².